The Hall–Kier alpha value is -3.17. The minimum atomic E-state index is -0.672. The monoisotopic (exact) mass is 595 g/mol. The van der Waals surface area contributed by atoms with Gasteiger partial charge >= 0.3 is 5.97 Å². The smallest absolute Gasteiger partial charge is 0.338 e. The van der Waals surface area contributed by atoms with Crippen molar-refractivity contribution in [2.45, 2.75) is 39.7 Å². The number of hydrogen-bond acceptors (Lipinski definition) is 7. The fourth-order valence-electron chi connectivity index (χ4n) is 5.19. The summed E-state index contributed by atoms with van der Waals surface area (Å²) in [5.74, 6) is 0.181. The van der Waals surface area contributed by atoms with Gasteiger partial charge in [0.2, 0.25) is 0 Å². The summed E-state index contributed by atoms with van der Waals surface area (Å²) in [5, 5.41) is 0. The molecule has 0 spiro atoms. The topological polar surface area (TPSA) is 73.1 Å². The number of benzene rings is 2. The van der Waals surface area contributed by atoms with E-state index in [1.54, 1.807) is 25.5 Å². The van der Waals surface area contributed by atoms with Crippen molar-refractivity contribution in [2.75, 3.05) is 31.7 Å². The molecule has 1 aromatic heterocycles. The second-order valence-electron chi connectivity index (χ2n) is 9.44. The van der Waals surface area contributed by atoms with Gasteiger partial charge in [0.25, 0.3) is 5.56 Å². The quantitative estimate of drug-likeness (QED) is 0.393. The van der Waals surface area contributed by atoms with E-state index in [-0.39, 0.29) is 12.2 Å². The van der Waals surface area contributed by atoms with Crippen LogP contribution in [-0.4, -0.2) is 37.3 Å². The van der Waals surface area contributed by atoms with Crippen LogP contribution in [0.2, 0.25) is 0 Å². The molecule has 2 aliphatic rings. The molecular weight excluding hydrogens is 566 g/mol. The Kier molecular flexibility index (Phi) is 7.59. The third kappa shape index (κ3) is 4.85. The van der Waals surface area contributed by atoms with Gasteiger partial charge in [-0.2, -0.15) is 0 Å². The summed E-state index contributed by atoms with van der Waals surface area (Å²) in [6.07, 6.45) is 4.36. The number of thiazole rings is 1. The molecular formula is C29H30BrN3O4S. The van der Waals surface area contributed by atoms with Crippen molar-refractivity contribution in [3.05, 3.63) is 88.5 Å². The number of halogens is 1. The first-order chi connectivity index (χ1) is 18.3. The first-order valence-electron chi connectivity index (χ1n) is 12.7. The summed E-state index contributed by atoms with van der Waals surface area (Å²) in [7, 11) is 1.59. The van der Waals surface area contributed by atoms with Crippen molar-refractivity contribution >= 4 is 45.0 Å². The van der Waals surface area contributed by atoms with Crippen LogP contribution in [0.5, 0.6) is 5.75 Å². The van der Waals surface area contributed by atoms with Crippen LogP contribution in [-0.2, 0) is 9.53 Å². The molecule has 38 heavy (non-hydrogen) atoms. The van der Waals surface area contributed by atoms with Crippen LogP contribution in [0.1, 0.15) is 49.4 Å². The van der Waals surface area contributed by atoms with Crippen molar-refractivity contribution in [3.63, 3.8) is 0 Å². The molecule has 3 heterocycles. The van der Waals surface area contributed by atoms with Gasteiger partial charge in [-0.15, -0.1) is 0 Å². The Morgan fingerprint density at radius 1 is 1.18 bits per heavy atom. The molecule has 1 saturated heterocycles. The van der Waals surface area contributed by atoms with Gasteiger partial charge in [-0.3, -0.25) is 9.36 Å². The number of aryl methyl sites for hydroxylation is 1. The number of hydrogen-bond donors (Lipinski definition) is 0. The van der Waals surface area contributed by atoms with Gasteiger partial charge in [-0.25, -0.2) is 9.79 Å². The third-order valence-corrected chi connectivity index (χ3v) is 8.58. The van der Waals surface area contributed by atoms with E-state index in [4.69, 9.17) is 9.47 Å². The van der Waals surface area contributed by atoms with Crippen molar-refractivity contribution in [1.29, 1.82) is 0 Å². The number of esters is 1. The maximum Gasteiger partial charge on any atom is 0.338 e. The van der Waals surface area contributed by atoms with Gasteiger partial charge in [-0.05, 0) is 96.6 Å². The Balaban J connectivity index is 1.64. The molecule has 0 aliphatic carbocycles. The molecule has 2 aromatic carbocycles. The molecule has 0 bridgehead atoms. The van der Waals surface area contributed by atoms with E-state index in [2.05, 4.69) is 50.9 Å². The first kappa shape index (κ1) is 26.4. The van der Waals surface area contributed by atoms with E-state index in [0.29, 0.717) is 26.4 Å². The molecule has 7 nitrogen and oxygen atoms in total. The van der Waals surface area contributed by atoms with Gasteiger partial charge in [0.1, 0.15) is 5.75 Å². The van der Waals surface area contributed by atoms with Crippen molar-refractivity contribution < 1.29 is 14.3 Å². The van der Waals surface area contributed by atoms with Gasteiger partial charge in [0, 0.05) is 18.8 Å². The predicted octanol–water partition coefficient (Wildman–Crippen LogP) is 4.48. The SMILES string of the molecule is CCOC(=O)C1=C(C)N=c2s/c(=C/c3ccc(N4CCCC4)c(C)c3)c(=O)n2[C@@H]1c1ccc(OC)c(Br)c1. The number of aromatic nitrogens is 1. The first-order valence-corrected chi connectivity index (χ1v) is 14.3. The molecule has 0 amide bonds. The number of carbonyl (C=O) groups excluding carboxylic acids is 1. The molecule has 1 fully saturated rings. The molecule has 0 unspecified atom stereocenters. The van der Waals surface area contributed by atoms with Crippen molar-refractivity contribution in [2.24, 2.45) is 4.99 Å². The normalized spacial score (nSPS) is 17.4. The molecule has 3 aromatic rings. The second kappa shape index (κ2) is 10.9. The number of rotatable bonds is 6. The number of fused-ring (bicyclic) bond motifs is 1. The zero-order valence-electron chi connectivity index (χ0n) is 21.9. The molecule has 9 heteroatoms. The fraction of sp³-hybridized carbons (Fsp3) is 0.345. The summed E-state index contributed by atoms with van der Waals surface area (Å²) in [6.45, 7) is 8.06. The Bertz CT molecular complexity index is 1620. The molecule has 0 N–H and O–H groups in total. The van der Waals surface area contributed by atoms with Crippen LogP contribution >= 0.6 is 27.3 Å². The highest BCUT2D eigenvalue weighted by Crippen LogP contribution is 2.35. The van der Waals surface area contributed by atoms with Crippen LogP contribution in [0.15, 0.2) is 61.9 Å². The number of anilines is 1. The van der Waals surface area contributed by atoms with E-state index >= 15 is 0 Å². The van der Waals surface area contributed by atoms with Crippen molar-refractivity contribution in [1.82, 2.24) is 4.57 Å². The summed E-state index contributed by atoms with van der Waals surface area (Å²) in [6, 6.07) is 11.2. The Morgan fingerprint density at radius 2 is 1.95 bits per heavy atom. The minimum Gasteiger partial charge on any atom is -0.496 e. The number of nitrogens with zero attached hydrogens (tertiary/aromatic N) is 3. The zero-order valence-corrected chi connectivity index (χ0v) is 24.3. The third-order valence-electron chi connectivity index (χ3n) is 6.97. The average molecular weight is 597 g/mol. The molecule has 2 aliphatic heterocycles. The van der Waals surface area contributed by atoms with Crippen LogP contribution in [0, 0.1) is 6.92 Å². The maximum absolute atomic E-state index is 13.9. The van der Waals surface area contributed by atoms with E-state index in [1.807, 2.05) is 24.3 Å². The van der Waals surface area contributed by atoms with E-state index in [0.717, 1.165) is 28.7 Å². The predicted molar refractivity (Wildman–Crippen MR) is 154 cm³/mol. The molecule has 5 rings (SSSR count). The minimum absolute atomic E-state index is 0.193. The van der Waals surface area contributed by atoms with Crippen LogP contribution < -0.4 is 24.5 Å². The highest BCUT2D eigenvalue weighted by Gasteiger charge is 2.33. The largest absolute Gasteiger partial charge is 0.496 e. The maximum atomic E-state index is 13.9. The number of methoxy groups -OCH3 is 1. The number of carbonyl (C=O) groups is 1. The summed E-state index contributed by atoms with van der Waals surface area (Å²) >= 11 is 4.87. The molecule has 0 radical (unpaired) electrons. The molecule has 198 valence electrons. The van der Waals surface area contributed by atoms with E-state index in [9.17, 15) is 9.59 Å². The molecule has 1 atom stereocenters. The lowest BCUT2D eigenvalue weighted by Gasteiger charge is -2.25. The highest BCUT2D eigenvalue weighted by atomic mass is 79.9. The summed E-state index contributed by atoms with van der Waals surface area (Å²) in [4.78, 5) is 34.6. The van der Waals surface area contributed by atoms with Crippen LogP contribution in [0.4, 0.5) is 5.69 Å². The van der Waals surface area contributed by atoms with Crippen LogP contribution in [0.3, 0.4) is 0 Å². The van der Waals surface area contributed by atoms with Crippen LogP contribution in [0.25, 0.3) is 6.08 Å². The summed E-state index contributed by atoms with van der Waals surface area (Å²) in [5.41, 5.74) is 4.86. The second-order valence-corrected chi connectivity index (χ2v) is 11.3. The van der Waals surface area contributed by atoms with Crippen molar-refractivity contribution in [3.8, 4) is 5.75 Å². The highest BCUT2D eigenvalue weighted by molar-refractivity contribution is 9.10. The lowest BCUT2D eigenvalue weighted by atomic mass is 9.96. The van der Waals surface area contributed by atoms with Gasteiger partial charge in [-0.1, -0.05) is 23.5 Å². The number of allylic oxidation sites excluding steroid dienone is 1. The van der Waals surface area contributed by atoms with E-state index < -0.39 is 12.0 Å². The van der Waals surface area contributed by atoms with E-state index in [1.165, 1.54) is 35.4 Å². The van der Waals surface area contributed by atoms with Gasteiger partial charge in [0.15, 0.2) is 4.80 Å². The van der Waals surface area contributed by atoms with Gasteiger partial charge < -0.3 is 14.4 Å². The Morgan fingerprint density at radius 3 is 2.61 bits per heavy atom. The van der Waals surface area contributed by atoms with Gasteiger partial charge in [0.05, 0.1) is 40.0 Å². The summed E-state index contributed by atoms with van der Waals surface area (Å²) < 4.78 is 13.7. The Labute approximate surface area is 233 Å². The standard InChI is InChI=1S/C29H30BrN3O4S/c1-5-37-28(35)25-18(3)31-29-33(26(25)20-9-11-23(36-4)21(30)16-20)27(34)24(38-29)15-19-8-10-22(17(2)14-19)32-12-6-7-13-32/h8-11,14-16,26H,5-7,12-13H2,1-4H3/b24-15+/t26-/m1/s1. The fourth-order valence-corrected chi connectivity index (χ4v) is 6.80. The lowest BCUT2D eigenvalue weighted by Crippen LogP contribution is -2.40. The lowest BCUT2D eigenvalue weighted by molar-refractivity contribution is -0.139. The average Bonchev–Trinajstić information content (AvgIpc) is 3.52. The number of ether oxygens (including phenoxy) is 2. The molecule has 0 saturated carbocycles. The zero-order chi connectivity index (χ0) is 27.0.